The van der Waals surface area contributed by atoms with Crippen LogP contribution in [-0.2, 0) is 11.8 Å². The van der Waals surface area contributed by atoms with E-state index in [-0.39, 0.29) is 16.9 Å². The number of aliphatic hydroxyl groups excluding tert-OH is 1. The standard InChI is InChI=1S/C25H32N2OS/c1-14-22-18(19(13-26)23(27-14)29-4)12-21-17-6-5-15-11-16(28)7-9-24(15,2)20(17)8-10-25(21,22)3/h5,16-17,20-21,28H,6-12H2,1-4H3/t16-,17-,20-,21-,24+,25-/m1/s1. The van der Waals surface area contributed by atoms with Crippen molar-refractivity contribution in [1.82, 2.24) is 4.98 Å². The number of aryl methyl sites for hydroxylation is 1. The molecule has 1 N–H and O–H groups in total. The molecule has 0 saturated heterocycles. The smallest absolute Gasteiger partial charge is 0.114 e. The number of aliphatic hydroxyl groups is 1. The number of nitriles is 1. The van der Waals surface area contributed by atoms with E-state index in [9.17, 15) is 10.4 Å². The molecular formula is C25H32N2OS. The maximum absolute atomic E-state index is 10.2. The summed E-state index contributed by atoms with van der Waals surface area (Å²) in [7, 11) is 0. The summed E-state index contributed by atoms with van der Waals surface area (Å²) in [6.45, 7) is 7.09. The predicted octanol–water partition coefficient (Wildman–Crippen LogP) is 5.32. The van der Waals surface area contributed by atoms with Crippen molar-refractivity contribution < 1.29 is 5.11 Å². The van der Waals surface area contributed by atoms with Crippen LogP contribution in [0, 0.1) is 41.4 Å². The van der Waals surface area contributed by atoms with Crippen LogP contribution in [0.5, 0.6) is 0 Å². The van der Waals surface area contributed by atoms with Gasteiger partial charge in [-0.3, -0.25) is 0 Å². The lowest BCUT2D eigenvalue weighted by molar-refractivity contribution is -0.0164. The van der Waals surface area contributed by atoms with Crippen molar-refractivity contribution in [2.75, 3.05) is 6.26 Å². The quantitative estimate of drug-likeness (QED) is 0.505. The molecule has 4 heteroatoms. The number of fused-ring (bicyclic) bond motifs is 7. The Bertz CT molecular complexity index is 947. The molecule has 3 nitrogen and oxygen atoms in total. The van der Waals surface area contributed by atoms with Crippen LogP contribution in [0.1, 0.15) is 74.8 Å². The highest BCUT2D eigenvalue weighted by Crippen LogP contribution is 2.64. The van der Waals surface area contributed by atoms with Gasteiger partial charge in [0.2, 0.25) is 0 Å². The average molecular weight is 409 g/mol. The zero-order valence-corrected chi connectivity index (χ0v) is 18.9. The molecule has 29 heavy (non-hydrogen) atoms. The first-order chi connectivity index (χ1) is 13.8. The van der Waals surface area contributed by atoms with Crippen molar-refractivity contribution >= 4 is 11.8 Å². The van der Waals surface area contributed by atoms with Crippen molar-refractivity contribution in [1.29, 1.82) is 5.26 Å². The third kappa shape index (κ3) is 2.56. The number of rotatable bonds is 1. The zero-order valence-electron chi connectivity index (χ0n) is 18.1. The summed E-state index contributed by atoms with van der Waals surface area (Å²) in [6.07, 6.45) is 11.9. The van der Waals surface area contributed by atoms with Gasteiger partial charge in [0.1, 0.15) is 11.1 Å². The van der Waals surface area contributed by atoms with Crippen LogP contribution in [0.15, 0.2) is 16.7 Å². The molecule has 1 heterocycles. The van der Waals surface area contributed by atoms with E-state index in [1.807, 2.05) is 6.26 Å². The highest BCUT2D eigenvalue weighted by Gasteiger charge is 2.58. The van der Waals surface area contributed by atoms with E-state index < -0.39 is 0 Å². The normalized spacial score (nSPS) is 40.2. The van der Waals surface area contributed by atoms with Crippen LogP contribution in [0.4, 0.5) is 0 Å². The molecule has 2 saturated carbocycles. The number of allylic oxidation sites excluding steroid dienone is 1. The van der Waals surface area contributed by atoms with E-state index in [2.05, 4.69) is 32.9 Å². The van der Waals surface area contributed by atoms with E-state index in [0.29, 0.717) is 17.8 Å². The van der Waals surface area contributed by atoms with E-state index in [1.54, 1.807) is 11.8 Å². The lowest BCUT2D eigenvalue weighted by atomic mass is 9.47. The van der Waals surface area contributed by atoms with Gasteiger partial charge in [-0.05, 0) is 97.8 Å². The molecule has 5 rings (SSSR count). The van der Waals surface area contributed by atoms with E-state index >= 15 is 0 Å². The van der Waals surface area contributed by atoms with Crippen molar-refractivity contribution in [2.24, 2.45) is 23.2 Å². The van der Waals surface area contributed by atoms with Crippen molar-refractivity contribution in [3.8, 4) is 6.07 Å². The second-order valence-corrected chi connectivity index (χ2v) is 11.2. The fourth-order valence-corrected chi connectivity index (χ4v) is 8.43. The molecular weight excluding hydrogens is 376 g/mol. The average Bonchev–Trinajstić information content (AvgIpc) is 3.02. The summed E-state index contributed by atoms with van der Waals surface area (Å²) in [5.41, 5.74) is 6.61. The Balaban J connectivity index is 1.59. The Morgan fingerprint density at radius 3 is 2.66 bits per heavy atom. The lowest BCUT2D eigenvalue weighted by Gasteiger charge is -2.57. The zero-order chi connectivity index (χ0) is 20.6. The van der Waals surface area contributed by atoms with Crippen LogP contribution in [0.25, 0.3) is 0 Å². The SMILES string of the molecule is CSc1nc(C)c2c(c1C#N)C[C@@H]1[C@@H]3CC=C4C[C@H](O)CC[C@]4(C)[C@@H]3CC[C@@]21C. The third-order valence-corrected chi connectivity index (χ3v) is 9.90. The van der Waals surface area contributed by atoms with Crippen LogP contribution < -0.4 is 0 Å². The highest BCUT2D eigenvalue weighted by molar-refractivity contribution is 7.98. The molecule has 0 bridgehead atoms. The van der Waals surface area contributed by atoms with Crippen LogP contribution in [0.2, 0.25) is 0 Å². The molecule has 154 valence electrons. The molecule has 6 atom stereocenters. The number of nitrogens with zero attached hydrogens (tertiary/aromatic N) is 2. The minimum atomic E-state index is -0.146. The molecule has 0 spiro atoms. The first kappa shape index (κ1) is 19.6. The summed E-state index contributed by atoms with van der Waals surface area (Å²) in [4.78, 5) is 4.86. The van der Waals surface area contributed by atoms with Gasteiger partial charge >= 0.3 is 0 Å². The van der Waals surface area contributed by atoms with Crippen molar-refractivity contribution in [3.63, 3.8) is 0 Å². The summed E-state index contributed by atoms with van der Waals surface area (Å²) in [5, 5.41) is 21.1. The summed E-state index contributed by atoms with van der Waals surface area (Å²) in [5.74, 6) is 1.98. The topological polar surface area (TPSA) is 56.9 Å². The maximum atomic E-state index is 10.2. The Kier molecular flexibility index (Phi) is 4.47. The van der Waals surface area contributed by atoms with Crippen LogP contribution in [-0.4, -0.2) is 22.5 Å². The number of hydrogen-bond donors (Lipinski definition) is 1. The molecule has 1 aromatic heterocycles. The van der Waals surface area contributed by atoms with Gasteiger partial charge in [0, 0.05) is 5.69 Å². The fraction of sp³-hybridized carbons (Fsp3) is 0.680. The molecule has 0 aromatic carbocycles. The number of thioether (sulfide) groups is 1. The number of aromatic nitrogens is 1. The van der Waals surface area contributed by atoms with E-state index in [4.69, 9.17) is 4.98 Å². The monoisotopic (exact) mass is 408 g/mol. The molecule has 0 unspecified atom stereocenters. The largest absolute Gasteiger partial charge is 0.393 e. The van der Waals surface area contributed by atoms with Crippen molar-refractivity contribution in [3.05, 3.63) is 34.0 Å². The van der Waals surface area contributed by atoms with Crippen LogP contribution in [0.3, 0.4) is 0 Å². The minimum absolute atomic E-state index is 0.145. The summed E-state index contributed by atoms with van der Waals surface area (Å²) >= 11 is 1.60. The molecule has 1 aromatic rings. The molecule has 0 radical (unpaired) electrons. The Labute approximate surface area is 179 Å². The highest BCUT2D eigenvalue weighted by atomic mass is 32.2. The van der Waals surface area contributed by atoms with E-state index in [1.165, 1.54) is 29.5 Å². The maximum Gasteiger partial charge on any atom is 0.114 e. The molecule has 0 aliphatic heterocycles. The minimum Gasteiger partial charge on any atom is -0.393 e. The van der Waals surface area contributed by atoms with Gasteiger partial charge < -0.3 is 5.11 Å². The first-order valence-electron chi connectivity index (χ1n) is 11.2. The Morgan fingerprint density at radius 1 is 1.17 bits per heavy atom. The second-order valence-electron chi connectivity index (χ2n) is 10.4. The van der Waals surface area contributed by atoms with Gasteiger partial charge in [0.15, 0.2) is 0 Å². The molecule has 0 amide bonds. The predicted molar refractivity (Wildman–Crippen MR) is 117 cm³/mol. The number of hydrogen-bond acceptors (Lipinski definition) is 4. The summed E-state index contributed by atoms with van der Waals surface area (Å²) < 4.78 is 0. The van der Waals surface area contributed by atoms with Gasteiger partial charge in [-0.25, -0.2) is 4.98 Å². The van der Waals surface area contributed by atoms with Crippen molar-refractivity contribution in [2.45, 2.75) is 82.3 Å². The molecule has 4 aliphatic rings. The second kappa shape index (κ2) is 6.59. The molecule has 2 fully saturated rings. The Hall–Kier alpha value is -1.31. The van der Waals surface area contributed by atoms with Gasteiger partial charge in [0.05, 0.1) is 11.7 Å². The van der Waals surface area contributed by atoms with Gasteiger partial charge in [-0.15, -0.1) is 11.8 Å². The third-order valence-electron chi connectivity index (χ3n) is 9.22. The van der Waals surface area contributed by atoms with Gasteiger partial charge in [-0.1, -0.05) is 25.5 Å². The van der Waals surface area contributed by atoms with Gasteiger partial charge in [0.25, 0.3) is 0 Å². The van der Waals surface area contributed by atoms with Gasteiger partial charge in [-0.2, -0.15) is 5.26 Å². The lowest BCUT2D eigenvalue weighted by Crippen LogP contribution is -2.51. The van der Waals surface area contributed by atoms with Crippen LogP contribution >= 0.6 is 11.8 Å². The Morgan fingerprint density at radius 2 is 1.93 bits per heavy atom. The summed E-state index contributed by atoms with van der Waals surface area (Å²) in [6, 6.07) is 2.51. The number of pyridine rings is 1. The van der Waals surface area contributed by atoms with E-state index in [0.717, 1.165) is 48.4 Å². The fourth-order valence-electron chi connectivity index (χ4n) is 7.83. The molecule has 4 aliphatic carbocycles. The first-order valence-corrected chi connectivity index (χ1v) is 12.4.